The maximum Gasteiger partial charge on any atom is 0.257 e. The molecule has 1 heterocycles. The third-order valence-electron chi connectivity index (χ3n) is 5.38. The number of carbonyl (C=O) groups is 2. The van der Waals surface area contributed by atoms with Crippen molar-refractivity contribution in [3.8, 4) is 0 Å². The predicted octanol–water partition coefficient (Wildman–Crippen LogP) is 0.385. The van der Waals surface area contributed by atoms with Gasteiger partial charge >= 0.3 is 0 Å². The molecule has 0 bridgehead atoms. The van der Waals surface area contributed by atoms with E-state index in [0.29, 0.717) is 0 Å². The number of carbonyl (C=O) groups excluding carboxylic acids is 2. The Bertz CT molecular complexity index is 823. The quantitative estimate of drug-likeness (QED) is 0.676. The van der Waals surface area contributed by atoms with E-state index in [1.54, 1.807) is 0 Å². The Hall–Kier alpha value is -2.44. The summed E-state index contributed by atoms with van der Waals surface area (Å²) in [5, 5.41) is 7.09. The molecule has 6 heteroatoms. The summed E-state index contributed by atoms with van der Waals surface area (Å²) in [6.07, 6.45) is 0.260. The van der Waals surface area contributed by atoms with E-state index in [1.807, 2.05) is 61.3 Å². The molecule has 6 nitrogen and oxygen atoms in total. The molecule has 1 aliphatic rings. The largest absolute Gasteiger partial charge is 0.344 e. The van der Waals surface area contributed by atoms with Crippen LogP contribution in [0.1, 0.15) is 19.4 Å². The maximum atomic E-state index is 12.8. The normalized spacial score (nSPS) is 16.9. The van der Waals surface area contributed by atoms with Crippen LogP contribution in [-0.4, -0.2) is 56.1 Å². The van der Waals surface area contributed by atoms with Gasteiger partial charge in [0.1, 0.15) is 6.04 Å². The summed E-state index contributed by atoms with van der Waals surface area (Å²) < 4.78 is 0. The van der Waals surface area contributed by atoms with Crippen LogP contribution in [0, 0.1) is 5.92 Å². The smallest absolute Gasteiger partial charge is 0.257 e. The first-order valence-corrected chi connectivity index (χ1v) is 10.1. The van der Waals surface area contributed by atoms with Crippen LogP contribution in [0.3, 0.4) is 0 Å². The SMILES string of the molecule is CC(C)[C@H](NC(=O)Cc1cccc2ccccc12)C(=O)NN1CC[NH+](C)CC1. The number of fused-ring (bicyclic) bond motifs is 1. The van der Waals surface area contributed by atoms with Crippen molar-refractivity contribution in [2.45, 2.75) is 26.3 Å². The van der Waals surface area contributed by atoms with Crippen molar-refractivity contribution in [1.29, 1.82) is 0 Å². The second-order valence-electron chi connectivity index (χ2n) is 8.02. The zero-order chi connectivity index (χ0) is 20.1. The molecule has 150 valence electrons. The first kappa shape index (κ1) is 20.3. The van der Waals surface area contributed by atoms with Crippen LogP contribution in [0.25, 0.3) is 10.8 Å². The van der Waals surface area contributed by atoms with Gasteiger partial charge < -0.3 is 10.2 Å². The van der Waals surface area contributed by atoms with Gasteiger partial charge in [0, 0.05) is 0 Å². The van der Waals surface area contributed by atoms with Crippen molar-refractivity contribution in [3.63, 3.8) is 0 Å². The molecule has 1 aliphatic heterocycles. The third kappa shape index (κ3) is 5.09. The Kier molecular flexibility index (Phi) is 6.65. The second kappa shape index (κ2) is 9.17. The van der Waals surface area contributed by atoms with E-state index in [9.17, 15) is 9.59 Å². The minimum atomic E-state index is -0.547. The molecule has 2 aromatic carbocycles. The fraction of sp³-hybridized carbons (Fsp3) is 0.455. The molecular formula is C22H31N4O2+. The summed E-state index contributed by atoms with van der Waals surface area (Å²) in [6, 6.07) is 13.5. The van der Waals surface area contributed by atoms with Gasteiger partial charge in [0.25, 0.3) is 5.91 Å². The highest BCUT2D eigenvalue weighted by atomic mass is 16.2. The molecule has 2 aromatic rings. The highest BCUT2D eigenvalue weighted by Gasteiger charge is 2.27. The van der Waals surface area contributed by atoms with E-state index in [4.69, 9.17) is 0 Å². The van der Waals surface area contributed by atoms with Gasteiger partial charge in [0.15, 0.2) is 0 Å². The summed E-state index contributed by atoms with van der Waals surface area (Å²) >= 11 is 0. The Morgan fingerprint density at radius 2 is 1.75 bits per heavy atom. The number of quaternary nitrogens is 1. The fourth-order valence-electron chi connectivity index (χ4n) is 3.60. The molecule has 1 saturated heterocycles. The predicted molar refractivity (Wildman–Crippen MR) is 111 cm³/mol. The van der Waals surface area contributed by atoms with Crippen molar-refractivity contribution >= 4 is 22.6 Å². The monoisotopic (exact) mass is 383 g/mol. The third-order valence-corrected chi connectivity index (χ3v) is 5.38. The van der Waals surface area contributed by atoms with Crippen LogP contribution in [0.2, 0.25) is 0 Å². The van der Waals surface area contributed by atoms with Gasteiger partial charge in [-0.05, 0) is 22.3 Å². The van der Waals surface area contributed by atoms with Crippen molar-refractivity contribution in [3.05, 3.63) is 48.0 Å². The van der Waals surface area contributed by atoms with Gasteiger partial charge in [-0.3, -0.25) is 15.0 Å². The summed E-state index contributed by atoms with van der Waals surface area (Å²) in [4.78, 5) is 26.9. The average molecular weight is 384 g/mol. The number of piperazine rings is 1. The molecule has 1 fully saturated rings. The van der Waals surface area contributed by atoms with Crippen LogP contribution >= 0.6 is 0 Å². The highest BCUT2D eigenvalue weighted by molar-refractivity contribution is 5.92. The van der Waals surface area contributed by atoms with Crippen LogP contribution < -0.4 is 15.6 Å². The Morgan fingerprint density at radius 1 is 1.07 bits per heavy atom. The lowest BCUT2D eigenvalue weighted by Crippen LogP contribution is -3.12. The summed E-state index contributed by atoms with van der Waals surface area (Å²) in [5.41, 5.74) is 3.96. The second-order valence-corrected chi connectivity index (χ2v) is 8.02. The van der Waals surface area contributed by atoms with Crippen LogP contribution in [0.15, 0.2) is 42.5 Å². The van der Waals surface area contributed by atoms with E-state index in [2.05, 4.69) is 17.8 Å². The van der Waals surface area contributed by atoms with Gasteiger partial charge in [-0.15, -0.1) is 0 Å². The summed E-state index contributed by atoms with van der Waals surface area (Å²) in [7, 11) is 2.16. The number of hydrazine groups is 1. The van der Waals surface area contributed by atoms with Crippen LogP contribution in [0.4, 0.5) is 0 Å². The minimum absolute atomic E-state index is 0.00885. The molecule has 0 aromatic heterocycles. The number of likely N-dealkylation sites (N-methyl/N-ethyl adjacent to an activating group) is 1. The van der Waals surface area contributed by atoms with Crippen LogP contribution in [0.5, 0.6) is 0 Å². The van der Waals surface area contributed by atoms with E-state index in [1.165, 1.54) is 4.90 Å². The molecule has 0 radical (unpaired) electrons. The topological polar surface area (TPSA) is 65.9 Å². The molecule has 0 unspecified atom stereocenters. The maximum absolute atomic E-state index is 12.8. The van der Waals surface area contributed by atoms with E-state index < -0.39 is 6.04 Å². The first-order valence-electron chi connectivity index (χ1n) is 10.1. The Labute approximate surface area is 166 Å². The Balaban J connectivity index is 1.63. The molecule has 28 heavy (non-hydrogen) atoms. The Morgan fingerprint density at radius 3 is 2.46 bits per heavy atom. The van der Waals surface area contributed by atoms with Crippen molar-refractivity contribution in [2.24, 2.45) is 5.92 Å². The van der Waals surface area contributed by atoms with E-state index in [0.717, 1.165) is 42.5 Å². The van der Waals surface area contributed by atoms with Crippen molar-refractivity contribution < 1.29 is 14.5 Å². The molecule has 2 amide bonds. The zero-order valence-corrected chi connectivity index (χ0v) is 17.0. The lowest BCUT2D eigenvalue weighted by atomic mass is 10.0. The number of benzene rings is 2. The van der Waals surface area contributed by atoms with Gasteiger partial charge in [0.2, 0.25) is 5.91 Å². The van der Waals surface area contributed by atoms with Gasteiger partial charge in [-0.25, -0.2) is 5.01 Å². The van der Waals surface area contributed by atoms with Gasteiger partial charge in [-0.1, -0.05) is 56.3 Å². The number of amides is 2. The van der Waals surface area contributed by atoms with Crippen molar-refractivity contribution in [2.75, 3.05) is 33.2 Å². The van der Waals surface area contributed by atoms with E-state index >= 15 is 0 Å². The molecule has 1 atom stereocenters. The van der Waals surface area contributed by atoms with Crippen LogP contribution in [-0.2, 0) is 16.0 Å². The number of nitrogens with one attached hydrogen (secondary N) is 3. The van der Waals surface area contributed by atoms with Crippen molar-refractivity contribution in [1.82, 2.24) is 15.8 Å². The molecule has 3 N–H and O–H groups in total. The lowest BCUT2D eigenvalue weighted by Gasteiger charge is -2.32. The summed E-state index contributed by atoms with van der Waals surface area (Å²) in [6.45, 7) is 7.56. The molecule has 3 rings (SSSR count). The molecular weight excluding hydrogens is 352 g/mol. The van der Waals surface area contributed by atoms with Gasteiger partial charge in [-0.2, -0.15) is 0 Å². The van der Waals surface area contributed by atoms with Gasteiger partial charge in [0.05, 0.1) is 39.6 Å². The number of nitrogens with zero attached hydrogens (tertiary/aromatic N) is 1. The summed E-state index contributed by atoms with van der Waals surface area (Å²) in [5.74, 6) is -0.261. The number of hydrogen-bond donors (Lipinski definition) is 3. The number of rotatable bonds is 6. The molecule has 0 aliphatic carbocycles. The lowest BCUT2D eigenvalue weighted by molar-refractivity contribution is -0.884. The molecule has 0 saturated carbocycles. The molecule has 0 spiro atoms. The highest BCUT2D eigenvalue weighted by Crippen LogP contribution is 2.19. The number of hydrogen-bond acceptors (Lipinski definition) is 3. The zero-order valence-electron chi connectivity index (χ0n) is 17.0. The minimum Gasteiger partial charge on any atom is -0.344 e. The first-order chi connectivity index (χ1) is 13.4. The standard InChI is InChI=1S/C22H30N4O2/c1-16(2)21(22(28)24-26-13-11-25(3)12-14-26)23-20(27)15-18-9-6-8-17-7-4-5-10-19(17)18/h4-10,16,21H,11-15H2,1-3H3,(H,23,27)(H,24,28)/p+1/t21-/m0/s1. The fourth-order valence-corrected chi connectivity index (χ4v) is 3.60. The average Bonchev–Trinajstić information content (AvgIpc) is 2.68. The van der Waals surface area contributed by atoms with E-state index in [-0.39, 0.29) is 24.2 Å².